The topological polar surface area (TPSA) is 76.7 Å². The van der Waals surface area contributed by atoms with Crippen LogP contribution in [0.4, 0.5) is 11.4 Å². The Morgan fingerprint density at radius 1 is 1.29 bits per heavy atom. The molecule has 0 radical (unpaired) electrons. The first-order chi connectivity index (χ1) is 13.3. The number of rotatable bonds is 6. The third kappa shape index (κ3) is 5.93. The van der Waals surface area contributed by atoms with E-state index in [1.165, 1.54) is 24.5 Å². The Labute approximate surface area is 181 Å². The highest BCUT2D eigenvalue weighted by Gasteiger charge is 2.14. The lowest BCUT2D eigenvalue weighted by molar-refractivity contribution is -0.137. The average Bonchev–Trinajstić information content (AvgIpc) is 3.11. The lowest BCUT2D eigenvalue weighted by Crippen LogP contribution is -2.20. The molecule has 0 aliphatic carbocycles. The van der Waals surface area contributed by atoms with Crippen LogP contribution in [0.15, 0.2) is 34.0 Å². The average molecular weight is 459 g/mol. The summed E-state index contributed by atoms with van der Waals surface area (Å²) in [4.78, 5) is 23.4. The number of benzene rings is 1. The normalized spacial score (nSPS) is 10.9. The summed E-state index contributed by atoms with van der Waals surface area (Å²) in [5.74, 6) is -1.09. The molecule has 2 aromatic rings. The highest BCUT2D eigenvalue weighted by molar-refractivity contribution is 7.80. The molecule has 2 rings (SSSR count). The molecule has 0 amide bonds. The van der Waals surface area contributed by atoms with Crippen molar-refractivity contribution in [2.24, 2.45) is 0 Å². The van der Waals surface area contributed by atoms with Crippen molar-refractivity contribution in [1.82, 2.24) is 0 Å². The molecular formula is C18H16Cl2N2O4S2. The third-order valence-corrected chi connectivity index (χ3v) is 4.88. The Kier molecular flexibility index (Phi) is 8.25. The van der Waals surface area contributed by atoms with Gasteiger partial charge in [0.15, 0.2) is 5.11 Å². The number of ether oxygens (including phenoxy) is 2. The van der Waals surface area contributed by atoms with Crippen LogP contribution >= 0.6 is 46.8 Å². The second-order valence-electron chi connectivity index (χ2n) is 5.22. The van der Waals surface area contributed by atoms with E-state index in [4.69, 9.17) is 44.9 Å². The Bertz CT molecular complexity index is 928. The summed E-state index contributed by atoms with van der Waals surface area (Å²) in [6, 6.07) is 5.02. The van der Waals surface area contributed by atoms with Crippen LogP contribution < -0.4 is 10.6 Å². The van der Waals surface area contributed by atoms with Gasteiger partial charge in [-0.15, -0.1) is 11.3 Å². The zero-order valence-corrected chi connectivity index (χ0v) is 18.0. The molecule has 10 heteroatoms. The largest absolute Gasteiger partial charge is 0.465 e. The maximum absolute atomic E-state index is 11.7. The molecule has 0 atom stereocenters. The smallest absolute Gasteiger partial charge is 0.349 e. The molecule has 148 valence electrons. The molecule has 0 fully saturated rings. The standard InChI is InChI=1S/C18H16Cl2N2O4S2/c1-3-26-17(24)14(20)7-10-6-11(4-5-13(10)19)21-18(27)22-15-9-28-8-12(15)16(23)25-2/h4-9H,3H2,1-2H3,(H2,21,22,27)/b14-7-. The summed E-state index contributed by atoms with van der Waals surface area (Å²) in [6.07, 6.45) is 1.41. The fourth-order valence-electron chi connectivity index (χ4n) is 2.07. The molecule has 2 N–H and O–H groups in total. The molecule has 0 unspecified atom stereocenters. The Morgan fingerprint density at radius 3 is 2.71 bits per heavy atom. The number of esters is 2. The van der Waals surface area contributed by atoms with E-state index in [0.717, 1.165) is 0 Å². The summed E-state index contributed by atoms with van der Waals surface area (Å²) in [5, 5.41) is 9.91. The Morgan fingerprint density at radius 2 is 2.04 bits per heavy atom. The van der Waals surface area contributed by atoms with Crippen molar-refractivity contribution in [2.45, 2.75) is 6.92 Å². The number of carbonyl (C=O) groups excluding carboxylic acids is 2. The van der Waals surface area contributed by atoms with Crippen LogP contribution in [0.25, 0.3) is 6.08 Å². The van der Waals surface area contributed by atoms with Crippen LogP contribution in [0.2, 0.25) is 5.02 Å². The van der Waals surface area contributed by atoms with Gasteiger partial charge in [-0.1, -0.05) is 23.2 Å². The molecule has 0 saturated heterocycles. The Balaban J connectivity index is 2.14. The predicted octanol–water partition coefficient (Wildman–Crippen LogP) is 5.14. The summed E-state index contributed by atoms with van der Waals surface area (Å²) in [7, 11) is 1.31. The second-order valence-corrected chi connectivity index (χ2v) is 7.19. The second kappa shape index (κ2) is 10.4. The highest BCUT2D eigenvalue weighted by atomic mass is 35.5. The van der Waals surface area contributed by atoms with Gasteiger partial charge in [-0.25, -0.2) is 9.59 Å². The monoisotopic (exact) mass is 458 g/mol. The molecule has 28 heavy (non-hydrogen) atoms. The minimum atomic E-state index is -0.636. The summed E-state index contributed by atoms with van der Waals surface area (Å²) >= 11 is 18.8. The van der Waals surface area contributed by atoms with E-state index in [1.54, 1.807) is 35.9 Å². The zero-order valence-electron chi connectivity index (χ0n) is 14.9. The molecule has 0 spiro atoms. The number of nitrogens with one attached hydrogen (secondary N) is 2. The fraction of sp³-hybridized carbons (Fsp3) is 0.167. The fourth-order valence-corrected chi connectivity index (χ4v) is 3.40. The maximum atomic E-state index is 11.7. The number of thiophene rings is 1. The van der Waals surface area contributed by atoms with E-state index in [9.17, 15) is 9.59 Å². The number of thiocarbonyl (C=S) groups is 1. The van der Waals surface area contributed by atoms with Crippen molar-refractivity contribution in [3.05, 3.63) is 50.1 Å². The molecule has 1 heterocycles. The summed E-state index contributed by atoms with van der Waals surface area (Å²) in [6.45, 7) is 1.90. The van der Waals surface area contributed by atoms with Gasteiger partial charge in [-0.2, -0.15) is 0 Å². The predicted molar refractivity (Wildman–Crippen MR) is 117 cm³/mol. The van der Waals surface area contributed by atoms with Crippen LogP contribution in [-0.4, -0.2) is 30.8 Å². The first-order valence-corrected chi connectivity index (χ1v) is 10.0. The molecule has 0 aliphatic heterocycles. The van der Waals surface area contributed by atoms with Crippen LogP contribution in [0.5, 0.6) is 0 Å². The van der Waals surface area contributed by atoms with Crippen molar-refractivity contribution in [2.75, 3.05) is 24.4 Å². The van der Waals surface area contributed by atoms with Gasteiger partial charge in [0.1, 0.15) is 5.03 Å². The minimum Gasteiger partial charge on any atom is -0.465 e. The van der Waals surface area contributed by atoms with Gasteiger partial charge < -0.3 is 20.1 Å². The lowest BCUT2D eigenvalue weighted by atomic mass is 10.2. The number of anilines is 2. The van der Waals surface area contributed by atoms with Crippen LogP contribution in [0, 0.1) is 0 Å². The van der Waals surface area contributed by atoms with Crippen molar-refractivity contribution in [1.29, 1.82) is 0 Å². The maximum Gasteiger partial charge on any atom is 0.349 e. The molecule has 0 aliphatic rings. The minimum absolute atomic E-state index is 0.0948. The molecule has 1 aromatic carbocycles. The first kappa shape index (κ1) is 22.2. The number of hydrogen-bond acceptors (Lipinski definition) is 6. The number of halogens is 2. The van der Waals surface area contributed by atoms with Crippen LogP contribution in [-0.2, 0) is 14.3 Å². The van der Waals surface area contributed by atoms with E-state index in [0.29, 0.717) is 27.5 Å². The molecule has 0 bridgehead atoms. The lowest BCUT2D eigenvalue weighted by Gasteiger charge is -2.12. The summed E-state index contributed by atoms with van der Waals surface area (Å²) in [5.41, 5.74) is 2.04. The number of carbonyl (C=O) groups is 2. The molecule has 0 saturated carbocycles. The van der Waals surface area contributed by atoms with Gasteiger partial charge in [0.25, 0.3) is 0 Å². The van der Waals surface area contributed by atoms with E-state index in [-0.39, 0.29) is 16.8 Å². The summed E-state index contributed by atoms with van der Waals surface area (Å²) < 4.78 is 9.57. The van der Waals surface area contributed by atoms with Gasteiger partial charge >= 0.3 is 11.9 Å². The van der Waals surface area contributed by atoms with E-state index in [2.05, 4.69) is 10.6 Å². The SMILES string of the molecule is CCOC(=O)/C(Cl)=C/c1cc(NC(=S)Nc2cscc2C(=O)OC)ccc1Cl. The highest BCUT2D eigenvalue weighted by Crippen LogP contribution is 2.25. The molecular weight excluding hydrogens is 443 g/mol. The quantitative estimate of drug-likeness (QED) is 0.352. The van der Waals surface area contributed by atoms with Crippen LogP contribution in [0.1, 0.15) is 22.8 Å². The van der Waals surface area contributed by atoms with Crippen molar-refractivity contribution < 1.29 is 19.1 Å². The van der Waals surface area contributed by atoms with Crippen molar-refractivity contribution >= 4 is 81.3 Å². The van der Waals surface area contributed by atoms with E-state index >= 15 is 0 Å². The Hall–Kier alpha value is -2.13. The van der Waals surface area contributed by atoms with Gasteiger partial charge in [0.05, 0.1) is 25.0 Å². The zero-order chi connectivity index (χ0) is 20.7. The van der Waals surface area contributed by atoms with Gasteiger partial charge in [0.2, 0.25) is 0 Å². The first-order valence-electron chi connectivity index (χ1n) is 7.92. The van der Waals surface area contributed by atoms with Crippen LogP contribution in [0.3, 0.4) is 0 Å². The number of hydrogen-bond donors (Lipinski definition) is 2. The third-order valence-electron chi connectivity index (χ3n) is 3.32. The van der Waals surface area contributed by atoms with Gasteiger partial charge in [0, 0.05) is 21.5 Å². The van der Waals surface area contributed by atoms with Crippen molar-refractivity contribution in [3.8, 4) is 0 Å². The number of methoxy groups -OCH3 is 1. The van der Waals surface area contributed by atoms with E-state index in [1.807, 2.05) is 0 Å². The van der Waals surface area contributed by atoms with E-state index < -0.39 is 11.9 Å². The van der Waals surface area contributed by atoms with Crippen molar-refractivity contribution in [3.63, 3.8) is 0 Å². The van der Waals surface area contributed by atoms with Gasteiger partial charge in [-0.05, 0) is 49.0 Å². The van der Waals surface area contributed by atoms with Gasteiger partial charge in [-0.3, -0.25) is 0 Å². The molecule has 6 nitrogen and oxygen atoms in total. The molecule has 1 aromatic heterocycles.